The summed E-state index contributed by atoms with van der Waals surface area (Å²) in [4.78, 5) is 16.9. The van der Waals surface area contributed by atoms with Crippen molar-refractivity contribution in [3.8, 4) is 5.75 Å². The van der Waals surface area contributed by atoms with Crippen LogP contribution in [-0.2, 0) is 0 Å². The molecule has 1 aromatic heterocycles. The number of ether oxygens (including phenoxy) is 1. The minimum Gasteiger partial charge on any atom is -0.495 e. The maximum Gasteiger partial charge on any atom is 0.271 e. The molecule has 0 saturated carbocycles. The van der Waals surface area contributed by atoms with Gasteiger partial charge in [-0.2, -0.15) is 5.10 Å². The van der Waals surface area contributed by atoms with E-state index in [1.807, 2.05) is 43.3 Å². The largest absolute Gasteiger partial charge is 0.495 e. The van der Waals surface area contributed by atoms with E-state index in [2.05, 4.69) is 20.8 Å². The number of benzene rings is 2. The van der Waals surface area contributed by atoms with Crippen LogP contribution >= 0.6 is 22.9 Å². The first-order valence-corrected chi connectivity index (χ1v) is 9.22. The van der Waals surface area contributed by atoms with E-state index in [4.69, 9.17) is 16.3 Å². The molecule has 8 heteroatoms. The fraction of sp³-hybridized carbons (Fsp3) is 0.105. The van der Waals surface area contributed by atoms with Gasteiger partial charge < -0.3 is 10.1 Å². The van der Waals surface area contributed by atoms with E-state index in [1.54, 1.807) is 19.2 Å². The van der Waals surface area contributed by atoms with Crippen molar-refractivity contribution in [1.29, 1.82) is 0 Å². The number of anilines is 2. The molecule has 0 aliphatic heterocycles. The lowest BCUT2D eigenvalue weighted by atomic mass is 10.1. The smallest absolute Gasteiger partial charge is 0.271 e. The summed E-state index contributed by atoms with van der Waals surface area (Å²) in [5.41, 5.74) is 4.88. The van der Waals surface area contributed by atoms with Crippen molar-refractivity contribution in [1.82, 2.24) is 10.4 Å². The van der Waals surface area contributed by atoms with Crippen molar-refractivity contribution in [3.63, 3.8) is 0 Å². The van der Waals surface area contributed by atoms with Crippen molar-refractivity contribution in [2.24, 2.45) is 5.10 Å². The predicted octanol–water partition coefficient (Wildman–Crippen LogP) is 4.62. The van der Waals surface area contributed by atoms with Crippen LogP contribution in [0.3, 0.4) is 0 Å². The van der Waals surface area contributed by atoms with E-state index in [0.717, 1.165) is 11.3 Å². The SMILES string of the molecule is COc1ccccc1Nc1nc(Cl)c(/C=N/NC(=O)c2ccc(C)cc2)s1. The zero-order valence-corrected chi connectivity index (χ0v) is 16.3. The van der Waals surface area contributed by atoms with Crippen LogP contribution in [0, 0.1) is 6.92 Å². The Morgan fingerprint density at radius 2 is 1.96 bits per heavy atom. The molecule has 3 aromatic rings. The second-order valence-electron chi connectivity index (χ2n) is 5.56. The number of aromatic nitrogens is 1. The van der Waals surface area contributed by atoms with Crippen LogP contribution in [0.4, 0.5) is 10.8 Å². The number of aryl methyl sites for hydroxylation is 1. The second kappa shape index (κ2) is 8.66. The number of carbonyl (C=O) groups is 1. The van der Waals surface area contributed by atoms with E-state index in [9.17, 15) is 4.79 Å². The lowest BCUT2D eigenvalue weighted by Gasteiger charge is -2.07. The Labute approximate surface area is 165 Å². The molecule has 0 saturated heterocycles. The first-order chi connectivity index (χ1) is 13.1. The van der Waals surface area contributed by atoms with E-state index in [0.29, 0.717) is 26.5 Å². The molecule has 0 bridgehead atoms. The third-order valence-electron chi connectivity index (χ3n) is 3.62. The summed E-state index contributed by atoms with van der Waals surface area (Å²) in [7, 11) is 1.60. The van der Waals surface area contributed by atoms with Crippen molar-refractivity contribution in [2.75, 3.05) is 12.4 Å². The molecule has 0 unspecified atom stereocenters. The van der Waals surface area contributed by atoms with E-state index >= 15 is 0 Å². The Bertz CT molecular complexity index is 970. The minimum absolute atomic E-state index is 0.292. The monoisotopic (exact) mass is 400 g/mol. The predicted molar refractivity (Wildman–Crippen MR) is 110 cm³/mol. The quantitative estimate of drug-likeness (QED) is 0.467. The molecule has 1 amide bonds. The van der Waals surface area contributed by atoms with Crippen LogP contribution in [0.1, 0.15) is 20.8 Å². The van der Waals surface area contributed by atoms with Crippen LogP contribution in [0.5, 0.6) is 5.75 Å². The van der Waals surface area contributed by atoms with Gasteiger partial charge in [-0.25, -0.2) is 10.4 Å². The summed E-state index contributed by atoms with van der Waals surface area (Å²) < 4.78 is 5.30. The molecule has 2 aromatic carbocycles. The molecule has 1 heterocycles. The number of nitrogens with zero attached hydrogens (tertiary/aromatic N) is 2. The van der Waals surface area contributed by atoms with E-state index < -0.39 is 0 Å². The molecule has 27 heavy (non-hydrogen) atoms. The maximum absolute atomic E-state index is 12.1. The van der Waals surface area contributed by atoms with Crippen molar-refractivity contribution in [3.05, 3.63) is 69.7 Å². The van der Waals surface area contributed by atoms with Crippen LogP contribution in [0.15, 0.2) is 53.6 Å². The molecule has 0 spiro atoms. The Morgan fingerprint density at radius 3 is 2.70 bits per heavy atom. The van der Waals surface area contributed by atoms with E-state index in [-0.39, 0.29) is 5.91 Å². The van der Waals surface area contributed by atoms with Crippen LogP contribution in [0.2, 0.25) is 5.15 Å². The normalized spacial score (nSPS) is 10.8. The maximum atomic E-state index is 12.1. The molecule has 138 valence electrons. The number of methoxy groups -OCH3 is 1. The highest BCUT2D eigenvalue weighted by molar-refractivity contribution is 7.17. The number of thiazole rings is 1. The fourth-order valence-electron chi connectivity index (χ4n) is 2.23. The second-order valence-corrected chi connectivity index (χ2v) is 6.95. The zero-order valence-electron chi connectivity index (χ0n) is 14.7. The Hall–Kier alpha value is -2.90. The molecular weight excluding hydrogens is 384 g/mol. The Balaban J connectivity index is 1.66. The van der Waals surface area contributed by atoms with Gasteiger partial charge in [-0.3, -0.25) is 4.79 Å². The lowest BCUT2D eigenvalue weighted by molar-refractivity contribution is 0.0955. The first-order valence-electron chi connectivity index (χ1n) is 8.03. The van der Waals surface area contributed by atoms with Gasteiger partial charge in [0.2, 0.25) is 0 Å². The van der Waals surface area contributed by atoms with Gasteiger partial charge in [-0.05, 0) is 31.2 Å². The molecule has 0 atom stereocenters. The summed E-state index contributed by atoms with van der Waals surface area (Å²) >= 11 is 7.47. The van der Waals surface area contributed by atoms with Crippen LogP contribution in [-0.4, -0.2) is 24.2 Å². The number of hydrazone groups is 1. The number of hydrogen-bond acceptors (Lipinski definition) is 6. The van der Waals surface area contributed by atoms with Gasteiger partial charge in [-0.15, -0.1) is 0 Å². The standard InChI is InChI=1S/C19H17ClN4O2S/c1-12-7-9-13(10-8-12)18(25)24-21-11-16-17(20)23-19(27-16)22-14-5-3-4-6-15(14)26-2/h3-11H,1-2H3,(H,22,23)(H,24,25)/b21-11+. The van der Waals surface area contributed by atoms with Gasteiger partial charge in [0.15, 0.2) is 10.3 Å². The Morgan fingerprint density at radius 1 is 1.22 bits per heavy atom. The average Bonchev–Trinajstić information content (AvgIpc) is 3.02. The molecule has 0 radical (unpaired) electrons. The van der Waals surface area contributed by atoms with Crippen LogP contribution < -0.4 is 15.5 Å². The minimum atomic E-state index is -0.292. The number of halogens is 1. The van der Waals surface area contributed by atoms with Crippen LogP contribution in [0.25, 0.3) is 0 Å². The van der Waals surface area contributed by atoms with Crippen molar-refractivity contribution in [2.45, 2.75) is 6.92 Å². The third-order valence-corrected chi connectivity index (χ3v) is 4.93. The number of nitrogens with one attached hydrogen (secondary N) is 2. The van der Waals surface area contributed by atoms with Gasteiger partial charge in [-0.1, -0.05) is 52.8 Å². The number of carbonyl (C=O) groups excluding carboxylic acids is 1. The number of hydrogen-bond donors (Lipinski definition) is 2. The highest BCUT2D eigenvalue weighted by Crippen LogP contribution is 2.31. The lowest BCUT2D eigenvalue weighted by Crippen LogP contribution is -2.17. The number of amides is 1. The molecule has 0 aliphatic rings. The molecule has 6 nitrogen and oxygen atoms in total. The Kier molecular flexibility index (Phi) is 6.05. The summed E-state index contributed by atoms with van der Waals surface area (Å²) in [5.74, 6) is 0.406. The van der Waals surface area contributed by atoms with E-state index in [1.165, 1.54) is 17.6 Å². The van der Waals surface area contributed by atoms with Gasteiger partial charge in [0.25, 0.3) is 5.91 Å². The highest BCUT2D eigenvalue weighted by atomic mass is 35.5. The van der Waals surface area contributed by atoms with Gasteiger partial charge in [0.05, 0.1) is 23.9 Å². The number of para-hydroxylation sites is 2. The molecule has 3 rings (SSSR count). The van der Waals surface area contributed by atoms with Crippen molar-refractivity contribution < 1.29 is 9.53 Å². The summed E-state index contributed by atoms with van der Waals surface area (Å²) in [6.45, 7) is 1.96. The molecule has 2 N–H and O–H groups in total. The summed E-state index contributed by atoms with van der Waals surface area (Å²) in [6.07, 6.45) is 1.47. The first kappa shape index (κ1) is 18.9. The van der Waals surface area contributed by atoms with Gasteiger partial charge >= 0.3 is 0 Å². The molecular formula is C19H17ClN4O2S. The summed E-state index contributed by atoms with van der Waals surface area (Å²) in [6, 6.07) is 14.7. The van der Waals surface area contributed by atoms with Crippen molar-refractivity contribution >= 4 is 45.9 Å². The highest BCUT2D eigenvalue weighted by Gasteiger charge is 2.10. The molecule has 0 fully saturated rings. The number of rotatable bonds is 6. The van der Waals surface area contributed by atoms with Gasteiger partial charge in [0.1, 0.15) is 5.75 Å². The zero-order chi connectivity index (χ0) is 19.2. The third kappa shape index (κ3) is 4.84. The fourth-order valence-corrected chi connectivity index (χ4v) is 3.27. The topological polar surface area (TPSA) is 75.6 Å². The summed E-state index contributed by atoms with van der Waals surface area (Å²) in [5, 5.41) is 8.02. The molecule has 0 aliphatic carbocycles. The van der Waals surface area contributed by atoms with Gasteiger partial charge in [0, 0.05) is 5.56 Å². The average molecular weight is 401 g/mol.